The summed E-state index contributed by atoms with van der Waals surface area (Å²) < 4.78 is 0. The molecule has 0 aliphatic heterocycles. The number of carbonyl (C=O) groups excluding carboxylic acids is 2. The lowest BCUT2D eigenvalue weighted by Crippen LogP contribution is -2.41. The molecule has 28 heavy (non-hydrogen) atoms. The van der Waals surface area contributed by atoms with Gasteiger partial charge in [0.05, 0.1) is 0 Å². The highest BCUT2D eigenvalue weighted by Crippen LogP contribution is 2.17. The van der Waals surface area contributed by atoms with E-state index in [1.165, 1.54) is 19.3 Å². The Kier molecular flexibility index (Phi) is 9.31. The zero-order chi connectivity index (χ0) is 20.2. The van der Waals surface area contributed by atoms with Gasteiger partial charge in [-0.15, -0.1) is 0 Å². The smallest absolute Gasteiger partial charge is 0.251 e. The van der Waals surface area contributed by atoms with E-state index >= 15 is 0 Å². The summed E-state index contributed by atoms with van der Waals surface area (Å²) in [5.74, 6) is 0.688. The Balaban J connectivity index is 1.66. The predicted octanol–water partition coefficient (Wildman–Crippen LogP) is 1.59. The maximum atomic E-state index is 12.0. The van der Waals surface area contributed by atoms with Crippen molar-refractivity contribution in [2.24, 2.45) is 4.99 Å². The molecule has 154 valence electrons. The molecular formula is C21H33N5O2. The van der Waals surface area contributed by atoms with Crippen molar-refractivity contribution in [3.05, 3.63) is 35.4 Å². The molecule has 0 bridgehead atoms. The van der Waals surface area contributed by atoms with Crippen LogP contribution in [0.2, 0.25) is 0 Å². The fourth-order valence-electron chi connectivity index (χ4n) is 3.40. The van der Waals surface area contributed by atoms with Crippen molar-refractivity contribution in [2.45, 2.75) is 51.0 Å². The van der Waals surface area contributed by atoms with Gasteiger partial charge in [-0.1, -0.05) is 31.4 Å². The van der Waals surface area contributed by atoms with Gasteiger partial charge in [0.1, 0.15) is 0 Å². The monoisotopic (exact) mass is 387 g/mol. The van der Waals surface area contributed by atoms with Crippen molar-refractivity contribution >= 4 is 17.8 Å². The van der Waals surface area contributed by atoms with Gasteiger partial charge >= 0.3 is 0 Å². The highest BCUT2D eigenvalue weighted by atomic mass is 16.2. The molecule has 4 N–H and O–H groups in total. The molecule has 1 fully saturated rings. The second-order valence-electron chi connectivity index (χ2n) is 7.11. The van der Waals surface area contributed by atoms with Crippen LogP contribution < -0.4 is 21.3 Å². The van der Waals surface area contributed by atoms with Crippen LogP contribution in [-0.2, 0) is 11.2 Å². The van der Waals surface area contributed by atoms with E-state index in [9.17, 15) is 9.59 Å². The van der Waals surface area contributed by atoms with Gasteiger partial charge in [-0.25, -0.2) is 0 Å². The van der Waals surface area contributed by atoms with Crippen molar-refractivity contribution in [3.63, 3.8) is 0 Å². The number of benzene rings is 1. The van der Waals surface area contributed by atoms with E-state index in [-0.39, 0.29) is 11.8 Å². The first kappa shape index (κ1) is 21.7. The van der Waals surface area contributed by atoms with E-state index in [2.05, 4.69) is 26.3 Å². The Hall–Kier alpha value is -2.57. The van der Waals surface area contributed by atoms with E-state index < -0.39 is 0 Å². The van der Waals surface area contributed by atoms with Crippen LogP contribution in [-0.4, -0.2) is 51.0 Å². The van der Waals surface area contributed by atoms with Crippen molar-refractivity contribution in [2.75, 3.05) is 27.2 Å². The lowest BCUT2D eigenvalue weighted by atomic mass is 9.95. The third-order valence-corrected chi connectivity index (χ3v) is 4.96. The van der Waals surface area contributed by atoms with Crippen molar-refractivity contribution in [1.29, 1.82) is 0 Å². The number of hydrogen-bond donors (Lipinski definition) is 4. The van der Waals surface area contributed by atoms with Crippen LogP contribution in [0.15, 0.2) is 29.3 Å². The average Bonchev–Trinajstić information content (AvgIpc) is 2.73. The number of guanidine groups is 1. The highest BCUT2D eigenvalue weighted by Gasteiger charge is 2.15. The molecule has 0 unspecified atom stereocenters. The molecule has 1 aliphatic rings. The number of carbonyl (C=O) groups is 2. The minimum atomic E-state index is -0.0845. The first-order valence-electron chi connectivity index (χ1n) is 10.2. The Morgan fingerprint density at radius 1 is 1.11 bits per heavy atom. The normalized spacial score (nSPS) is 15.0. The quantitative estimate of drug-likeness (QED) is 0.402. The summed E-state index contributed by atoms with van der Waals surface area (Å²) in [5.41, 5.74) is 1.74. The van der Waals surface area contributed by atoms with Gasteiger partial charge in [0, 0.05) is 45.2 Å². The molecule has 1 saturated carbocycles. The third-order valence-electron chi connectivity index (χ3n) is 4.96. The Labute approximate surface area is 167 Å². The molecule has 2 rings (SSSR count). The number of amides is 2. The summed E-state index contributed by atoms with van der Waals surface area (Å²) in [7, 11) is 3.34. The molecule has 0 aromatic heterocycles. The topological polar surface area (TPSA) is 94.6 Å². The summed E-state index contributed by atoms with van der Waals surface area (Å²) in [6, 6.07) is 7.93. The highest BCUT2D eigenvalue weighted by molar-refractivity contribution is 5.94. The second kappa shape index (κ2) is 12.0. The second-order valence-corrected chi connectivity index (χ2v) is 7.11. The van der Waals surface area contributed by atoms with E-state index in [4.69, 9.17) is 0 Å². The summed E-state index contributed by atoms with van der Waals surface area (Å²) in [4.78, 5) is 27.9. The molecular weight excluding hydrogens is 354 g/mol. The van der Waals surface area contributed by atoms with Crippen LogP contribution in [0.4, 0.5) is 0 Å². The SMILES string of the molecule is CN=C(NCCC(=O)NC1CCCCC1)NCCc1cccc(C(=O)NC)c1. The maximum absolute atomic E-state index is 12.0. The first-order valence-corrected chi connectivity index (χ1v) is 10.2. The molecule has 0 spiro atoms. The van der Waals surface area contributed by atoms with Gasteiger partial charge in [-0.2, -0.15) is 0 Å². The fraction of sp³-hybridized carbons (Fsp3) is 0.571. The molecule has 7 heteroatoms. The molecule has 1 aromatic carbocycles. The summed E-state index contributed by atoms with van der Waals surface area (Å²) in [6.45, 7) is 1.23. The largest absolute Gasteiger partial charge is 0.356 e. The maximum Gasteiger partial charge on any atom is 0.251 e. The number of aliphatic imine (C=N–C) groups is 1. The van der Waals surface area contributed by atoms with Crippen LogP contribution in [0.3, 0.4) is 0 Å². The minimum absolute atomic E-state index is 0.0845. The average molecular weight is 388 g/mol. The first-order chi connectivity index (χ1) is 13.6. The molecule has 1 aromatic rings. The van der Waals surface area contributed by atoms with Gasteiger partial charge in [-0.3, -0.25) is 14.6 Å². The molecule has 0 atom stereocenters. The number of nitrogens with one attached hydrogen (secondary N) is 4. The van der Waals surface area contributed by atoms with Gasteiger partial charge in [0.2, 0.25) is 5.91 Å². The molecule has 0 heterocycles. The number of nitrogens with zero attached hydrogens (tertiary/aromatic N) is 1. The zero-order valence-corrected chi connectivity index (χ0v) is 17.0. The number of hydrogen-bond acceptors (Lipinski definition) is 3. The molecule has 7 nitrogen and oxygen atoms in total. The van der Waals surface area contributed by atoms with Crippen molar-refractivity contribution in [3.8, 4) is 0 Å². The van der Waals surface area contributed by atoms with Crippen molar-refractivity contribution in [1.82, 2.24) is 21.3 Å². The Morgan fingerprint density at radius 2 is 1.86 bits per heavy atom. The van der Waals surface area contributed by atoms with Gasteiger partial charge in [0.15, 0.2) is 5.96 Å². The van der Waals surface area contributed by atoms with E-state index in [0.717, 1.165) is 24.8 Å². The molecule has 1 aliphatic carbocycles. The molecule has 2 amide bonds. The van der Waals surface area contributed by atoms with E-state index in [0.29, 0.717) is 37.1 Å². The zero-order valence-electron chi connectivity index (χ0n) is 17.0. The van der Waals surface area contributed by atoms with Gasteiger partial charge < -0.3 is 21.3 Å². The fourth-order valence-corrected chi connectivity index (χ4v) is 3.40. The lowest BCUT2D eigenvalue weighted by Gasteiger charge is -2.22. The predicted molar refractivity (Wildman–Crippen MR) is 113 cm³/mol. The summed E-state index contributed by atoms with van der Waals surface area (Å²) >= 11 is 0. The van der Waals surface area contributed by atoms with Crippen LogP contribution in [0.1, 0.15) is 54.4 Å². The lowest BCUT2D eigenvalue weighted by molar-refractivity contribution is -0.121. The standard InChI is InChI=1S/C21H33N5O2/c1-22-20(28)17-8-6-7-16(15-17)11-13-24-21(23-2)25-14-12-19(27)26-18-9-4-3-5-10-18/h6-8,15,18H,3-5,9-14H2,1-2H3,(H,22,28)(H,26,27)(H2,23,24,25). The Bertz CT molecular complexity index is 669. The van der Waals surface area contributed by atoms with E-state index in [1.807, 2.05) is 18.2 Å². The van der Waals surface area contributed by atoms with Gasteiger partial charge in [0.25, 0.3) is 5.91 Å². The Morgan fingerprint density at radius 3 is 2.57 bits per heavy atom. The van der Waals surface area contributed by atoms with Crippen LogP contribution in [0, 0.1) is 0 Å². The summed E-state index contributed by atoms with van der Waals surface area (Å²) in [6.07, 6.45) is 7.12. The minimum Gasteiger partial charge on any atom is -0.356 e. The van der Waals surface area contributed by atoms with Crippen LogP contribution >= 0.6 is 0 Å². The van der Waals surface area contributed by atoms with Crippen LogP contribution in [0.25, 0.3) is 0 Å². The molecule has 0 radical (unpaired) electrons. The van der Waals surface area contributed by atoms with E-state index in [1.54, 1.807) is 20.2 Å². The third kappa shape index (κ3) is 7.58. The summed E-state index contributed by atoms with van der Waals surface area (Å²) in [5, 5.41) is 12.2. The van der Waals surface area contributed by atoms with Crippen LogP contribution in [0.5, 0.6) is 0 Å². The number of rotatable bonds is 8. The van der Waals surface area contributed by atoms with Gasteiger partial charge in [-0.05, 0) is 37.0 Å². The molecule has 0 saturated heterocycles. The van der Waals surface area contributed by atoms with Crippen molar-refractivity contribution < 1.29 is 9.59 Å².